The molecule has 3 aromatic rings. The van der Waals surface area contributed by atoms with Crippen LogP contribution >= 0.6 is 0 Å². The molecule has 2 aromatic carbocycles. The van der Waals surface area contributed by atoms with Crippen molar-refractivity contribution in [2.24, 2.45) is 0 Å². The standard InChI is InChI=1S/C17H16FN3O2S/c18-12-5-3-6-13(11-12)24(22,23)21-10-4-9-16(21)17-19-14-7-1-2-8-15(14)20-17/h1-3,5-8,11,16H,4,9-10H2,(H,19,20)/t16-/m1/s1. The third-order valence-corrected chi connectivity index (χ3v) is 6.23. The summed E-state index contributed by atoms with van der Waals surface area (Å²) in [6, 6.07) is 12.4. The van der Waals surface area contributed by atoms with Crippen molar-refractivity contribution in [3.05, 3.63) is 60.2 Å². The second-order valence-corrected chi connectivity index (χ2v) is 7.76. The maximum Gasteiger partial charge on any atom is 0.243 e. The fraction of sp³-hybridized carbons (Fsp3) is 0.235. The molecule has 0 amide bonds. The van der Waals surface area contributed by atoms with E-state index >= 15 is 0 Å². The molecular weight excluding hydrogens is 329 g/mol. The van der Waals surface area contributed by atoms with Crippen LogP contribution in [0.4, 0.5) is 4.39 Å². The number of nitrogens with zero attached hydrogens (tertiary/aromatic N) is 2. The second-order valence-electron chi connectivity index (χ2n) is 5.87. The molecule has 1 aliphatic rings. The Kier molecular flexibility index (Phi) is 3.62. The summed E-state index contributed by atoms with van der Waals surface area (Å²) in [6.45, 7) is 0.403. The van der Waals surface area contributed by atoms with Gasteiger partial charge in [0.25, 0.3) is 0 Å². The monoisotopic (exact) mass is 345 g/mol. The van der Waals surface area contributed by atoms with E-state index in [9.17, 15) is 12.8 Å². The van der Waals surface area contributed by atoms with Gasteiger partial charge in [-0.3, -0.25) is 0 Å². The summed E-state index contributed by atoms with van der Waals surface area (Å²) in [7, 11) is -3.76. The maximum atomic E-state index is 13.4. The van der Waals surface area contributed by atoms with Crippen LogP contribution < -0.4 is 0 Å². The Morgan fingerprint density at radius 2 is 2.00 bits per heavy atom. The van der Waals surface area contributed by atoms with Gasteiger partial charge in [0.05, 0.1) is 22.0 Å². The maximum absolute atomic E-state index is 13.4. The average molecular weight is 345 g/mol. The molecule has 7 heteroatoms. The number of imidazole rings is 1. The number of H-pyrrole nitrogens is 1. The number of hydrogen-bond acceptors (Lipinski definition) is 3. The van der Waals surface area contributed by atoms with E-state index in [-0.39, 0.29) is 10.9 Å². The van der Waals surface area contributed by atoms with Gasteiger partial charge in [0.1, 0.15) is 11.6 Å². The first-order valence-electron chi connectivity index (χ1n) is 7.78. The average Bonchev–Trinajstić information content (AvgIpc) is 3.21. The Balaban J connectivity index is 1.74. The number of rotatable bonds is 3. The Bertz CT molecular complexity index is 967. The van der Waals surface area contributed by atoms with Crippen molar-refractivity contribution in [2.75, 3.05) is 6.54 Å². The Hall–Kier alpha value is -2.25. The lowest BCUT2D eigenvalue weighted by Crippen LogP contribution is -2.31. The molecule has 1 N–H and O–H groups in total. The van der Waals surface area contributed by atoms with E-state index in [0.29, 0.717) is 18.8 Å². The molecule has 0 saturated carbocycles. The van der Waals surface area contributed by atoms with Crippen molar-refractivity contribution in [1.82, 2.24) is 14.3 Å². The number of hydrogen-bond donors (Lipinski definition) is 1. The number of halogens is 1. The van der Waals surface area contributed by atoms with Crippen molar-refractivity contribution in [1.29, 1.82) is 0 Å². The highest BCUT2D eigenvalue weighted by atomic mass is 32.2. The van der Waals surface area contributed by atoms with Crippen LogP contribution in [0.2, 0.25) is 0 Å². The minimum absolute atomic E-state index is 0.0227. The summed E-state index contributed by atoms with van der Waals surface area (Å²) < 4.78 is 40.7. The van der Waals surface area contributed by atoms with Gasteiger partial charge < -0.3 is 4.98 Å². The van der Waals surface area contributed by atoms with E-state index < -0.39 is 15.8 Å². The van der Waals surface area contributed by atoms with Crippen molar-refractivity contribution in [3.63, 3.8) is 0 Å². The fourth-order valence-electron chi connectivity index (χ4n) is 3.19. The molecule has 0 bridgehead atoms. The molecule has 0 radical (unpaired) electrons. The first kappa shape index (κ1) is 15.3. The number of para-hydroxylation sites is 2. The first-order chi connectivity index (χ1) is 11.6. The molecule has 0 spiro atoms. The van der Waals surface area contributed by atoms with Crippen LogP contribution in [-0.2, 0) is 10.0 Å². The van der Waals surface area contributed by atoms with Gasteiger partial charge >= 0.3 is 0 Å². The number of benzene rings is 2. The van der Waals surface area contributed by atoms with Gasteiger partial charge in [-0.15, -0.1) is 0 Å². The number of nitrogens with one attached hydrogen (secondary N) is 1. The van der Waals surface area contributed by atoms with Crippen molar-refractivity contribution < 1.29 is 12.8 Å². The minimum Gasteiger partial charge on any atom is -0.341 e. The molecule has 0 unspecified atom stereocenters. The van der Waals surface area contributed by atoms with Crippen LogP contribution in [0.5, 0.6) is 0 Å². The van der Waals surface area contributed by atoms with Crippen LogP contribution in [0, 0.1) is 5.82 Å². The molecule has 1 aliphatic heterocycles. The highest BCUT2D eigenvalue weighted by Crippen LogP contribution is 2.36. The predicted molar refractivity (Wildman–Crippen MR) is 88.4 cm³/mol. The van der Waals surface area contributed by atoms with Crippen LogP contribution in [0.25, 0.3) is 11.0 Å². The molecule has 4 rings (SSSR count). The second kappa shape index (κ2) is 5.68. The Morgan fingerprint density at radius 3 is 2.79 bits per heavy atom. The van der Waals surface area contributed by atoms with Crippen molar-refractivity contribution in [2.45, 2.75) is 23.8 Å². The number of sulfonamides is 1. The van der Waals surface area contributed by atoms with Gasteiger partial charge in [-0.25, -0.2) is 17.8 Å². The van der Waals surface area contributed by atoms with Crippen molar-refractivity contribution in [3.8, 4) is 0 Å². The molecular formula is C17H16FN3O2S. The minimum atomic E-state index is -3.76. The number of fused-ring (bicyclic) bond motifs is 1. The summed E-state index contributed by atoms with van der Waals surface area (Å²) in [4.78, 5) is 7.72. The van der Waals surface area contributed by atoms with Crippen LogP contribution in [0.15, 0.2) is 53.4 Å². The largest absolute Gasteiger partial charge is 0.341 e. The SMILES string of the molecule is O=S(=O)(c1cccc(F)c1)N1CCC[C@@H]1c1nc2ccccc2[nH]1. The van der Waals surface area contributed by atoms with E-state index in [1.165, 1.54) is 22.5 Å². The summed E-state index contributed by atoms with van der Waals surface area (Å²) in [5, 5.41) is 0. The molecule has 2 heterocycles. The molecule has 1 aromatic heterocycles. The van der Waals surface area contributed by atoms with E-state index in [0.717, 1.165) is 23.5 Å². The van der Waals surface area contributed by atoms with Crippen LogP contribution in [-0.4, -0.2) is 29.2 Å². The van der Waals surface area contributed by atoms with Gasteiger partial charge in [-0.2, -0.15) is 4.31 Å². The normalized spacial score (nSPS) is 19.1. The Labute approximate surface area is 139 Å². The third-order valence-electron chi connectivity index (χ3n) is 4.33. The van der Waals surface area contributed by atoms with Gasteiger partial charge in [-0.1, -0.05) is 18.2 Å². The molecule has 0 aliphatic carbocycles. The van der Waals surface area contributed by atoms with Crippen LogP contribution in [0.3, 0.4) is 0 Å². The molecule has 1 atom stereocenters. The Morgan fingerprint density at radius 1 is 1.17 bits per heavy atom. The molecule has 1 saturated heterocycles. The lowest BCUT2D eigenvalue weighted by molar-refractivity contribution is 0.385. The summed E-state index contributed by atoms with van der Waals surface area (Å²) >= 11 is 0. The zero-order chi connectivity index (χ0) is 16.7. The summed E-state index contributed by atoms with van der Waals surface area (Å²) in [5.74, 6) is 0.0734. The zero-order valence-corrected chi connectivity index (χ0v) is 13.6. The fourth-order valence-corrected chi connectivity index (χ4v) is 4.89. The number of aromatic nitrogens is 2. The predicted octanol–water partition coefficient (Wildman–Crippen LogP) is 3.23. The molecule has 24 heavy (non-hydrogen) atoms. The highest BCUT2D eigenvalue weighted by molar-refractivity contribution is 7.89. The summed E-state index contributed by atoms with van der Waals surface area (Å²) in [6.07, 6.45) is 1.44. The lowest BCUT2D eigenvalue weighted by Gasteiger charge is -2.22. The highest BCUT2D eigenvalue weighted by Gasteiger charge is 2.37. The third kappa shape index (κ3) is 2.50. The molecule has 5 nitrogen and oxygen atoms in total. The van der Waals surface area contributed by atoms with Crippen LogP contribution in [0.1, 0.15) is 24.7 Å². The number of aromatic amines is 1. The first-order valence-corrected chi connectivity index (χ1v) is 9.22. The van der Waals surface area contributed by atoms with Gasteiger partial charge in [0, 0.05) is 6.54 Å². The zero-order valence-electron chi connectivity index (χ0n) is 12.8. The topological polar surface area (TPSA) is 66.1 Å². The van der Waals surface area contributed by atoms with Gasteiger partial charge in [-0.05, 0) is 43.2 Å². The van der Waals surface area contributed by atoms with Gasteiger partial charge in [0.2, 0.25) is 10.0 Å². The van der Waals surface area contributed by atoms with E-state index in [1.807, 2.05) is 24.3 Å². The smallest absolute Gasteiger partial charge is 0.243 e. The summed E-state index contributed by atoms with van der Waals surface area (Å²) in [5.41, 5.74) is 1.69. The molecule has 124 valence electrons. The van der Waals surface area contributed by atoms with E-state index in [2.05, 4.69) is 9.97 Å². The quantitative estimate of drug-likeness (QED) is 0.792. The van der Waals surface area contributed by atoms with E-state index in [1.54, 1.807) is 0 Å². The van der Waals surface area contributed by atoms with Gasteiger partial charge in [0.15, 0.2) is 0 Å². The van der Waals surface area contributed by atoms with E-state index in [4.69, 9.17) is 0 Å². The molecule has 1 fully saturated rings. The van der Waals surface area contributed by atoms with Crippen molar-refractivity contribution >= 4 is 21.1 Å². The lowest BCUT2D eigenvalue weighted by atomic mass is 10.2.